The molecule has 1 aromatic heterocycles. The van der Waals surface area contributed by atoms with E-state index in [0.717, 1.165) is 31.2 Å². The number of carbonyl (C=O) groups excluding carboxylic acids is 1. The van der Waals surface area contributed by atoms with Crippen LogP contribution in [0.1, 0.15) is 18.5 Å². The lowest BCUT2D eigenvalue weighted by molar-refractivity contribution is -0.117. The molecule has 0 aromatic carbocycles. The summed E-state index contributed by atoms with van der Waals surface area (Å²) in [6.07, 6.45) is 5.26. The summed E-state index contributed by atoms with van der Waals surface area (Å²) >= 11 is 0. The molecule has 1 aliphatic rings. The number of aromatic nitrogens is 1. The number of rotatable bonds is 3. The van der Waals surface area contributed by atoms with Gasteiger partial charge in [-0.3, -0.25) is 4.98 Å². The van der Waals surface area contributed by atoms with Crippen LogP contribution in [0.3, 0.4) is 0 Å². The molecule has 0 amide bonds. The van der Waals surface area contributed by atoms with Gasteiger partial charge in [-0.15, -0.1) is 0 Å². The Morgan fingerprint density at radius 1 is 1.50 bits per heavy atom. The Morgan fingerprint density at radius 3 is 3.07 bits per heavy atom. The molecule has 3 heteroatoms. The quantitative estimate of drug-likeness (QED) is 0.677. The van der Waals surface area contributed by atoms with E-state index in [0.29, 0.717) is 0 Å². The van der Waals surface area contributed by atoms with Gasteiger partial charge < -0.3 is 9.53 Å². The summed E-state index contributed by atoms with van der Waals surface area (Å²) in [5, 5.41) is 0. The van der Waals surface area contributed by atoms with E-state index in [2.05, 4.69) is 4.98 Å². The Hall–Kier alpha value is -1.22. The van der Waals surface area contributed by atoms with Crippen molar-refractivity contribution in [3.8, 4) is 0 Å². The van der Waals surface area contributed by atoms with E-state index in [4.69, 9.17) is 4.74 Å². The number of nitrogens with zero attached hydrogens (tertiary/aromatic N) is 1. The van der Waals surface area contributed by atoms with Crippen LogP contribution in [0.4, 0.5) is 0 Å². The predicted octanol–water partition coefficient (Wildman–Crippen LogP) is 1.37. The minimum Gasteiger partial charge on any atom is -0.367 e. The predicted molar refractivity (Wildman–Crippen MR) is 51.9 cm³/mol. The Kier molecular flexibility index (Phi) is 2.89. The number of aldehydes is 1. The normalized spacial score (nSPS) is 26.3. The summed E-state index contributed by atoms with van der Waals surface area (Å²) in [4.78, 5) is 14.7. The molecule has 14 heavy (non-hydrogen) atoms. The molecule has 1 aliphatic heterocycles. The highest BCUT2D eigenvalue weighted by molar-refractivity contribution is 5.56. The molecule has 0 saturated carbocycles. The lowest BCUT2D eigenvalue weighted by Gasteiger charge is -2.09. The molecule has 1 saturated heterocycles. The number of hydrogen-bond donors (Lipinski definition) is 0. The van der Waals surface area contributed by atoms with Crippen molar-refractivity contribution in [3.63, 3.8) is 0 Å². The maximum absolute atomic E-state index is 10.5. The molecule has 3 nitrogen and oxygen atoms in total. The van der Waals surface area contributed by atoms with Gasteiger partial charge in [0.05, 0.1) is 6.10 Å². The van der Waals surface area contributed by atoms with Crippen molar-refractivity contribution in [2.45, 2.75) is 31.5 Å². The van der Waals surface area contributed by atoms with Crippen LogP contribution in [0.15, 0.2) is 24.4 Å². The highest BCUT2D eigenvalue weighted by Gasteiger charge is 2.24. The van der Waals surface area contributed by atoms with Crippen LogP contribution in [-0.4, -0.2) is 23.5 Å². The van der Waals surface area contributed by atoms with Crippen LogP contribution in [0.25, 0.3) is 0 Å². The van der Waals surface area contributed by atoms with Gasteiger partial charge in [-0.25, -0.2) is 0 Å². The molecule has 0 radical (unpaired) electrons. The van der Waals surface area contributed by atoms with Gasteiger partial charge >= 0.3 is 0 Å². The summed E-state index contributed by atoms with van der Waals surface area (Å²) in [7, 11) is 0. The maximum atomic E-state index is 10.5. The van der Waals surface area contributed by atoms with E-state index in [9.17, 15) is 4.79 Å². The number of pyridine rings is 1. The van der Waals surface area contributed by atoms with E-state index < -0.39 is 0 Å². The topological polar surface area (TPSA) is 39.2 Å². The minimum atomic E-state index is -0.191. The van der Waals surface area contributed by atoms with Crippen molar-refractivity contribution in [2.75, 3.05) is 0 Å². The Morgan fingerprint density at radius 2 is 2.43 bits per heavy atom. The zero-order valence-electron chi connectivity index (χ0n) is 7.93. The Balaban J connectivity index is 1.90. The molecule has 0 aliphatic carbocycles. The van der Waals surface area contributed by atoms with Crippen molar-refractivity contribution in [3.05, 3.63) is 30.1 Å². The molecule has 1 fully saturated rings. The first kappa shape index (κ1) is 9.34. The lowest BCUT2D eigenvalue weighted by atomic mass is 10.1. The average molecular weight is 191 g/mol. The standard InChI is InChI=1S/C11H13NO2/c13-8-11-5-4-10(14-11)7-9-3-1-2-6-12-9/h1-3,6,8,10-11H,4-5,7H2. The van der Waals surface area contributed by atoms with Gasteiger partial charge in [-0.2, -0.15) is 0 Å². The second-order valence-electron chi connectivity index (χ2n) is 3.54. The largest absolute Gasteiger partial charge is 0.367 e. The first-order valence-electron chi connectivity index (χ1n) is 4.89. The SMILES string of the molecule is O=CC1CCC(Cc2ccccn2)O1. The summed E-state index contributed by atoms with van der Waals surface area (Å²) in [6, 6.07) is 5.85. The fourth-order valence-electron chi connectivity index (χ4n) is 1.74. The second-order valence-corrected chi connectivity index (χ2v) is 3.54. The zero-order chi connectivity index (χ0) is 9.80. The number of hydrogen-bond acceptors (Lipinski definition) is 3. The second kappa shape index (κ2) is 4.33. The first-order chi connectivity index (χ1) is 6.88. The molecule has 2 heterocycles. The molecule has 1 aromatic rings. The highest BCUT2D eigenvalue weighted by Crippen LogP contribution is 2.20. The fourth-order valence-corrected chi connectivity index (χ4v) is 1.74. The molecule has 74 valence electrons. The van der Waals surface area contributed by atoms with E-state index in [1.165, 1.54) is 0 Å². The third-order valence-corrected chi connectivity index (χ3v) is 2.46. The number of ether oxygens (including phenoxy) is 1. The molecule has 2 unspecified atom stereocenters. The monoisotopic (exact) mass is 191 g/mol. The van der Waals surface area contributed by atoms with Crippen molar-refractivity contribution in [1.29, 1.82) is 0 Å². The van der Waals surface area contributed by atoms with Gasteiger partial charge in [0.1, 0.15) is 12.4 Å². The van der Waals surface area contributed by atoms with Crippen molar-refractivity contribution < 1.29 is 9.53 Å². The fraction of sp³-hybridized carbons (Fsp3) is 0.455. The summed E-state index contributed by atoms with van der Waals surface area (Å²) in [6.45, 7) is 0. The zero-order valence-corrected chi connectivity index (χ0v) is 7.93. The van der Waals surface area contributed by atoms with Crippen LogP contribution >= 0.6 is 0 Å². The molecule has 0 spiro atoms. The summed E-state index contributed by atoms with van der Waals surface area (Å²) in [5.41, 5.74) is 1.03. The van der Waals surface area contributed by atoms with Crippen molar-refractivity contribution in [1.82, 2.24) is 4.98 Å². The van der Waals surface area contributed by atoms with Crippen LogP contribution < -0.4 is 0 Å². The van der Waals surface area contributed by atoms with Gasteiger partial charge in [-0.1, -0.05) is 6.07 Å². The van der Waals surface area contributed by atoms with Gasteiger partial charge in [0.15, 0.2) is 0 Å². The smallest absolute Gasteiger partial charge is 0.148 e. The van der Waals surface area contributed by atoms with E-state index in [1.807, 2.05) is 18.2 Å². The molecule has 2 atom stereocenters. The highest BCUT2D eigenvalue weighted by atomic mass is 16.5. The van der Waals surface area contributed by atoms with Crippen molar-refractivity contribution >= 4 is 6.29 Å². The summed E-state index contributed by atoms with van der Waals surface area (Å²) < 4.78 is 5.51. The van der Waals surface area contributed by atoms with Crippen LogP contribution in [0.5, 0.6) is 0 Å². The van der Waals surface area contributed by atoms with Crippen molar-refractivity contribution in [2.24, 2.45) is 0 Å². The summed E-state index contributed by atoms with van der Waals surface area (Å²) in [5.74, 6) is 0. The molecule has 0 bridgehead atoms. The maximum Gasteiger partial charge on any atom is 0.148 e. The van der Waals surface area contributed by atoms with Crippen LogP contribution in [-0.2, 0) is 16.0 Å². The Labute approximate surface area is 83.1 Å². The third-order valence-electron chi connectivity index (χ3n) is 2.46. The van der Waals surface area contributed by atoms with Crippen LogP contribution in [0, 0.1) is 0 Å². The average Bonchev–Trinajstić information content (AvgIpc) is 2.67. The molecular formula is C11H13NO2. The molecule has 2 rings (SSSR count). The third kappa shape index (κ3) is 2.17. The van der Waals surface area contributed by atoms with Gasteiger partial charge in [0.25, 0.3) is 0 Å². The van der Waals surface area contributed by atoms with E-state index in [-0.39, 0.29) is 12.2 Å². The van der Waals surface area contributed by atoms with Gasteiger partial charge in [0.2, 0.25) is 0 Å². The Bertz CT molecular complexity index is 299. The van der Waals surface area contributed by atoms with E-state index >= 15 is 0 Å². The number of carbonyl (C=O) groups is 1. The minimum absolute atomic E-state index is 0.167. The first-order valence-corrected chi connectivity index (χ1v) is 4.89. The van der Waals surface area contributed by atoms with E-state index in [1.54, 1.807) is 6.20 Å². The van der Waals surface area contributed by atoms with Crippen LogP contribution in [0.2, 0.25) is 0 Å². The molecule has 0 N–H and O–H groups in total. The molecular weight excluding hydrogens is 178 g/mol. The van der Waals surface area contributed by atoms with Gasteiger partial charge in [0, 0.05) is 18.3 Å². The lowest BCUT2D eigenvalue weighted by Crippen LogP contribution is -2.14. The van der Waals surface area contributed by atoms with Gasteiger partial charge in [-0.05, 0) is 25.0 Å².